The van der Waals surface area contributed by atoms with Gasteiger partial charge in [-0.3, -0.25) is 4.90 Å². The van der Waals surface area contributed by atoms with Gasteiger partial charge in [0.05, 0.1) is 6.04 Å². The highest BCUT2D eigenvalue weighted by atomic mass is 32.1. The molecule has 0 aliphatic rings. The Bertz CT molecular complexity index is 306. The topological polar surface area (TPSA) is 15.3 Å². The van der Waals surface area contributed by atoms with Crippen molar-refractivity contribution in [3.05, 3.63) is 22.4 Å². The molecule has 2 unspecified atom stereocenters. The quantitative estimate of drug-likeness (QED) is 0.801. The first kappa shape index (κ1) is 14.7. The number of rotatable bonds is 7. The van der Waals surface area contributed by atoms with Crippen molar-refractivity contribution in [2.75, 3.05) is 20.1 Å². The van der Waals surface area contributed by atoms with Gasteiger partial charge in [0.25, 0.3) is 0 Å². The molecule has 1 aromatic heterocycles. The van der Waals surface area contributed by atoms with E-state index in [0.717, 1.165) is 19.5 Å². The zero-order valence-electron chi connectivity index (χ0n) is 11.8. The molecular formula is C14H26N2S. The fraction of sp³-hybridized carbons (Fsp3) is 0.714. The number of thiophene rings is 1. The molecule has 1 heterocycles. The molecule has 2 nitrogen and oxygen atoms in total. The summed E-state index contributed by atoms with van der Waals surface area (Å²) in [5, 5.41) is 5.68. The molecule has 17 heavy (non-hydrogen) atoms. The Morgan fingerprint density at radius 3 is 2.35 bits per heavy atom. The van der Waals surface area contributed by atoms with Gasteiger partial charge in [0.2, 0.25) is 0 Å². The third-order valence-corrected chi connectivity index (χ3v) is 4.88. The number of nitrogens with zero attached hydrogens (tertiary/aromatic N) is 1. The lowest BCUT2D eigenvalue weighted by Gasteiger charge is -2.45. The van der Waals surface area contributed by atoms with Crippen molar-refractivity contribution in [1.29, 1.82) is 0 Å². The predicted octanol–water partition coefficient (Wildman–Crippen LogP) is 3.52. The molecule has 0 saturated carbocycles. The van der Waals surface area contributed by atoms with E-state index in [-0.39, 0.29) is 5.54 Å². The molecule has 0 spiro atoms. The van der Waals surface area contributed by atoms with E-state index in [0.29, 0.717) is 6.04 Å². The van der Waals surface area contributed by atoms with E-state index in [2.05, 4.69) is 62.5 Å². The van der Waals surface area contributed by atoms with Crippen molar-refractivity contribution in [3.63, 3.8) is 0 Å². The summed E-state index contributed by atoms with van der Waals surface area (Å²) in [6, 6.07) is 4.79. The smallest absolute Gasteiger partial charge is 0.0596 e. The molecule has 1 aromatic rings. The van der Waals surface area contributed by atoms with E-state index in [9.17, 15) is 0 Å². The lowest BCUT2D eigenvalue weighted by Crippen LogP contribution is -2.53. The minimum Gasteiger partial charge on any atom is -0.311 e. The third kappa shape index (κ3) is 2.90. The second-order valence-electron chi connectivity index (χ2n) is 4.62. The molecule has 0 bridgehead atoms. The van der Waals surface area contributed by atoms with Crippen molar-refractivity contribution in [2.45, 2.75) is 45.7 Å². The molecule has 1 rings (SSSR count). The summed E-state index contributed by atoms with van der Waals surface area (Å²) >= 11 is 1.85. The predicted molar refractivity (Wildman–Crippen MR) is 77.7 cm³/mol. The molecule has 0 fully saturated rings. The van der Waals surface area contributed by atoms with Gasteiger partial charge in [0.15, 0.2) is 0 Å². The van der Waals surface area contributed by atoms with Gasteiger partial charge in [-0.25, -0.2) is 0 Å². The zero-order valence-corrected chi connectivity index (χ0v) is 12.6. The van der Waals surface area contributed by atoms with Gasteiger partial charge in [-0.05, 0) is 44.9 Å². The van der Waals surface area contributed by atoms with Gasteiger partial charge in [0.1, 0.15) is 0 Å². The SMILES string of the molecule is CCN(CC)C(C)(CC)C(NC)c1cccs1. The normalized spacial score (nSPS) is 17.1. The van der Waals surface area contributed by atoms with E-state index in [4.69, 9.17) is 0 Å². The Morgan fingerprint density at radius 1 is 1.35 bits per heavy atom. The van der Waals surface area contributed by atoms with Crippen molar-refractivity contribution in [3.8, 4) is 0 Å². The van der Waals surface area contributed by atoms with Crippen LogP contribution in [0.15, 0.2) is 17.5 Å². The summed E-state index contributed by atoms with van der Waals surface area (Å²) in [5.74, 6) is 0. The number of hydrogen-bond acceptors (Lipinski definition) is 3. The Balaban J connectivity index is 3.04. The maximum absolute atomic E-state index is 3.51. The van der Waals surface area contributed by atoms with Crippen LogP contribution in [0.2, 0.25) is 0 Å². The van der Waals surface area contributed by atoms with Crippen LogP contribution in [-0.2, 0) is 0 Å². The van der Waals surface area contributed by atoms with Crippen LogP contribution in [0.5, 0.6) is 0 Å². The minimum absolute atomic E-state index is 0.184. The first-order valence-corrected chi connectivity index (χ1v) is 7.47. The number of likely N-dealkylation sites (N-methyl/N-ethyl adjacent to an activating group) is 2. The van der Waals surface area contributed by atoms with Crippen molar-refractivity contribution < 1.29 is 0 Å². The van der Waals surface area contributed by atoms with Crippen LogP contribution in [0.1, 0.15) is 45.0 Å². The van der Waals surface area contributed by atoms with Crippen LogP contribution in [0.4, 0.5) is 0 Å². The molecule has 1 N–H and O–H groups in total. The maximum Gasteiger partial charge on any atom is 0.0596 e. The van der Waals surface area contributed by atoms with E-state index in [1.807, 2.05) is 11.3 Å². The molecule has 0 amide bonds. The van der Waals surface area contributed by atoms with E-state index >= 15 is 0 Å². The monoisotopic (exact) mass is 254 g/mol. The van der Waals surface area contributed by atoms with Crippen LogP contribution >= 0.6 is 11.3 Å². The van der Waals surface area contributed by atoms with Gasteiger partial charge < -0.3 is 5.32 Å². The van der Waals surface area contributed by atoms with Crippen LogP contribution in [0.25, 0.3) is 0 Å². The van der Waals surface area contributed by atoms with E-state index in [1.165, 1.54) is 4.88 Å². The molecular weight excluding hydrogens is 228 g/mol. The second kappa shape index (κ2) is 6.53. The standard InChI is InChI=1S/C14H26N2S/c1-6-14(4,16(7-2)8-3)13(15-5)12-10-9-11-17-12/h9-11,13,15H,6-8H2,1-5H3. The van der Waals surface area contributed by atoms with Crippen LogP contribution in [0.3, 0.4) is 0 Å². The molecule has 0 aliphatic heterocycles. The summed E-state index contributed by atoms with van der Waals surface area (Å²) < 4.78 is 0. The molecule has 0 saturated heterocycles. The lowest BCUT2D eigenvalue weighted by atomic mass is 9.86. The summed E-state index contributed by atoms with van der Waals surface area (Å²) in [5.41, 5.74) is 0.184. The summed E-state index contributed by atoms with van der Waals surface area (Å²) in [7, 11) is 2.07. The Morgan fingerprint density at radius 2 is 2.00 bits per heavy atom. The molecule has 0 aromatic carbocycles. The molecule has 2 atom stereocenters. The van der Waals surface area contributed by atoms with Crippen molar-refractivity contribution >= 4 is 11.3 Å². The molecule has 0 radical (unpaired) electrons. The largest absolute Gasteiger partial charge is 0.311 e. The first-order valence-electron chi connectivity index (χ1n) is 6.59. The van der Waals surface area contributed by atoms with E-state index in [1.54, 1.807) is 0 Å². The highest BCUT2D eigenvalue weighted by Gasteiger charge is 2.37. The highest BCUT2D eigenvalue weighted by Crippen LogP contribution is 2.35. The van der Waals surface area contributed by atoms with Crippen LogP contribution in [0, 0.1) is 0 Å². The molecule has 3 heteroatoms. The van der Waals surface area contributed by atoms with Gasteiger partial charge in [-0.15, -0.1) is 11.3 Å². The second-order valence-corrected chi connectivity index (χ2v) is 5.60. The lowest BCUT2D eigenvalue weighted by molar-refractivity contribution is 0.0741. The van der Waals surface area contributed by atoms with Crippen molar-refractivity contribution in [1.82, 2.24) is 10.2 Å². The minimum atomic E-state index is 0.184. The van der Waals surface area contributed by atoms with Crippen LogP contribution in [-0.4, -0.2) is 30.6 Å². The Hall–Kier alpha value is -0.380. The summed E-state index contributed by atoms with van der Waals surface area (Å²) in [4.78, 5) is 4.00. The summed E-state index contributed by atoms with van der Waals surface area (Å²) in [6.45, 7) is 11.4. The van der Waals surface area contributed by atoms with Gasteiger partial charge in [-0.1, -0.05) is 26.8 Å². The number of hydrogen-bond donors (Lipinski definition) is 1. The first-order chi connectivity index (χ1) is 8.13. The Labute approximate surface area is 110 Å². The van der Waals surface area contributed by atoms with Gasteiger partial charge in [-0.2, -0.15) is 0 Å². The van der Waals surface area contributed by atoms with Crippen molar-refractivity contribution in [2.24, 2.45) is 0 Å². The van der Waals surface area contributed by atoms with E-state index < -0.39 is 0 Å². The summed E-state index contributed by atoms with van der Waals surface area (Å²) in [6.07, 6.45) is 1.15. The molecule has 0 aliphatic carbocycles. The highest BCUT2D eigenvalue weighted by molar-refractivity contribution is 7.10. The zero-order chi connectivity index (χ0) is 12.9. The number of nitrogens with one attached hydrogen (secondary N) is 1. The molecule has 98 valence electrons. The average Bonchev–Trinajstić information content (AvgIpc) is 2.85. The maximum atomic E-state index is 3.51. The van der Waals surface area contributed by atoms with Gasteiger partial charge >= 0.3 is 0 Å². The fourth-order valence-corrected chi connectivity index (χ4v) is 3.75. The third-order valence-electron chi connectivity index (χ3n) is 3.94. The fourth-order valence-electron chi connectivity index (χ4n) is 2.77. The van der Waals surface area contributed by atoms with Gasteiger partial charge in [0, 0.05) is 10.4 Å². The Kier molecular flexibility index (Phi) is 5.63. The van der Waals surface area contributed by atoms with Crippen LogP contribution < -0.4 is 5.32 Å². The average molecular weight is 254 g/mol.